The van der Waals surface area contributed by atoms with Crippen LogP contribution in [0.3, 0.4) is 0 Å². The van der Waals surface area contributed by atoms with Crippen molar-refractivity contribution in [3.05, 3.63) is 56.4 Å². The Morgan fingerprint density at radius 2 is 1.92 bits per heavy atom. The van der Waals surface area contributed by atoms with Crippen LogP contribution >= 0.6 is 34.5 Å². The second kappa shape index (κ2) is 7.52. The Morgan fingerprint density at radius 1 is 1.19 bits per heavy atom. The monoisotopic (exact) mass is 409 g/mol. The van der Waals surface area contributed by atoms with Crippen molar-refractivity contribution >= 4 is 44.6 Å². The van der Waals surface area contributed by atoms with E-state index in [1.54, 1.807) is 6.07 Å². The van der Waals surface area contributed by atoms with Crippen LogP contribution in [0.5, 0.6) is 0 Å². The van der Waals surface area contributed by atoms with Gasteiger partial charge in [-0.15, -0.1) is 5.10 Å². The predicted molar refractivity (Wildman–Crippen MR) is 106 cm³/mol. The van der Waals surface area contributed by atoms with Crippen LogP contribution in [0.2, 0.25) is 10.0 Å². The van der Waals surface area contributed by atoms with Crippen molar-refractivity contribution < 1.29 is 0 Å². The molecule has 1 aliphatic heterocycles. The Kier molecular flexibility index (Phi) is 5.13. The van der Waals surface area contributed by atoms with E-state index in [9.17, 15) is 4.79 Å². The average Bonchev–Trinajstić information content (AvgIpc) is 3.00. The lowest BCUT2D eigenvalue weighted by molar-refractivity contribution is 0.211. The van der Waals surface area contributed by atoms with E-state index in [2.05, 4.69) is 20.3 Å². The van der Waals surface area contributed by atoms with Crippen molar-refractivity contribution in [2.75, 3.05) is 18.4 Å². The van der Waals surface area contributed by atoms with Crippen LogP contribution in [-0.2, 0) is 6.54 Å². The molecule has 1 saturated heterocycles. The van der Waals surface area contributed by atoms with Crippen molar-refractivity contribution in [2.24, 2.45) is 0 Å². The van der Waals surface area contributed by atoms with Gasteiger partial charge >= 0.3 is 0 Å². The maximum absolute atomic E-state index is 11.8. The zero-order valence-corrected chi connectivity index (χ0v) is 16.2. The molecule has 0 saturated carbocycles. The van der Waals surface area contributed by atoms with Crippen molar-refractivity contribution in [2.45, 2.75) is 25.4 Å². The number of anilines is 1. The smallest absolute Gasteiger partial charge is 0.275 e. The molecule has 3 aromatic rings. The minimum absolute atomic E-state index is 0.158. The predicted octanol–water partition coefficient (Wildman–Crippen LogP) is 3.53. The summed E-state index contributed by atoms with van der Waals surface area (Å²) in [7, 11) is 0. The van der Waals surface area contributed by atoms with Gasteiger partial charge in [0.1, 0.15) is 0 Å². The van der Waals surface area contributed by atoms with Crippen LogP contribution in [0.25, 0.3) is 4.96 Å². The summed E-state index contributed by atoms with van der Waals surface area (Å²) in [5, 5.41) is 9.83. The van der Waals surface area contributed by atoms with Gasteiger partial charge in [-0.05, 0) is 36.6 Å². The summed E-state index contributed by atoms with van der Waals surface area (Å²) in [6.07, 6.45) is 3.53. The zero-order valence-electron chi connectivity index (χ0n) is 13.9. The molecule has 9 heteroatoms. The molecule has 1 N–H and O–H groups in total. The first-order valence-corrected chi connectivity index (χ1v) is 9.93. The number of benzene rings is 1. The lowest BCUT2D eigenvalue weighted by atomic mass is 10.0. The Labute approximate surface area is 164 Å². The van der Waals surface area contributed by atoms with Crippen LogP contribution < -0.4 is 10.9 Å². The summed E-state index contributed by atoms with van der Waals surface area (Å²) >= 11 is 13.6. The van der Waals surface area contributed by atoms with E-state index in [0.29, 0.717) is 21.0 Å². The molecule has 0 bridgehead atoms. The Morgan fingerprint density at radius 3 is 2.62 bits per heavy atom. The number of likely N-dealkylation sites (tertiary alicyclic amines) is 1. The van der Waals surface area contributed by atoms with Gasteiger partial charge in [0, 0.05) is 48.0 Å². The topological polar surface area (TPSA) is 62.5 Å². The van der Waals surface area contributed by atoms with E-state index in [1.807, 2.05) is 12.1 Å². The molecule has 0 amide bonds. The molecule has 0 aliphatic carbocycles. The number of fused-ring (bicyclic) bond motifs is 1. The second-order valence-corrected chi connectivity index (χ2v) is 8.19. The minimum atomic E-state index is -0.158. The molecule has 1 aromatic carbocycles. The summed E-state index contributed by atoms with van der Waals surface area (Å²) in [6, 6.07) is 7.43. The summed E-state index contributed by atoms with van der Waals surface area (Å²) in [6.45, 7) is 2.79. The highest BCUT2D eigenvalue weighted by Crippen LogP contribution is 2.23. The third kappa shape index (κ3) is 4.01. The molecule has 1 aliphatic rings. The maximum atomic E-state index is 11.8. The number of hydrogen-bond acceptors (Lipinski definition) is 6. The lowest BCUT2D eigenvalue weighted by Gasteiger charge is -2.32. The van der Waals surface area contributed by atoms with E-state index in [4.69, 9.17) is 23.2 Å². The molecule has 3 heterocycles. The van der Waals surface area contributed by atoms with Gasteiger partial charge < -0.3 is 5.32 Å². The van der Waals surface area contributed by atoms with E-state index in [-0.39, 0.29) is 5.56 Å². The van der Waals surface area contributed by atoms with Gasteiger partial charge in [0.15, 0.2) is 0 Å². The van der Waals surface area contributed by atoms with Gasteiger partial charge in [-0.1, -0.05) is 34.5 Å². The normalized spacial score (nSPS) is 16.2. The molecule has 2 aromatic heterocycles. The summed E-state index contributed by atoms with van der Waals surface area (Å²) < 4.78 is 1.34. The van der Waals surface area contributed by atoms with Crippen molar-refractivity contribution in [1.82, 2.24) is 19.5 Å². The van der Waals surface area contributed by atoms with Crippen LogP contribution in [0, 0.1) is 0 Å². The van der Waals surface area contributed by atoms with E-state index >= 15 is 0 Å². The lowest BCUT2D eigenvalue weighted by Crippen LogP contribution is -2.38. The summed E-state index contributed by atoms with van der Waals surface area (Å²) in [4.78, 5) is 18.9. The minimum Gasteiger partial charge on any atom is -0.357 e. The van der Waals surface area contributed by atoms with Crippen LogP contribution in [0.15, 0.2) is 35.3 Å². The molecule has 0 atom stereocenters. The maximum Gasteiger partial charge on any atom is 0.275 e. The quantitative estimate of drug-likeness (QED) is 0.713. The second-order valence-electron chi connectivity index (χ2n) is 6.36. The molecule has 0 unspecified atom stereocenters. The van der Waals surface area contributed by atoms with Crippen molar-refractivity contribution in [1.29, 1.82) is 0 Å². The number of nitrogens with zero attached hydrogens (tertiary/aromatic N) is 4. The molecule has 136 valence electrons. The standard InChI is InChI=1S/C17H17Cl2N5OS/c18-12-7-11(8-13(19)9-12)10-23-5-2-14(3-6-23)21-16-22-24-15(25)1-4-20-17(24)26-16/h1,4,7-9,14H,2-3,5-6,10H2,(H,21,22). The van der Waals surface area contributed by atoms with Gasteiger partial charge in [0.05, 0.1) is 0 Å². The first-order chi connectivity index (χ1) is 12.6. The van der Waals surface area contributed by atoms with Gasteiger partial charge in [-0.3, -0.25) is 9.69 Å². The molecule has 0 radical (unpaired) electrons. The fourth-order valence-corrected chi connectivity index (χ4v) is 4.60. The van der Waals surface area contributed by atoms with E-state index in [1.165, 1.54) is 28.1 Å². The third-order valence-corrected chi connectivity index (χ3v) is 5.70. The Bertz CT molecular complexity index is 960. The highest BCUT2D eigenvalue weighted by Gasteiger charge is 2.20. The number of rotatable bonds is 4. The van der Waals surface area contributed by atoms with Crippen LogP contribution in [0.1, 0.15) is 18.4 Å². The Balaban J connectivity index is 1.35. The zero-order chi connectivity index (χ0) is 18.1. The number of hydrogen-bond donors (Lipinski definition) is 1. The van der Waals surface area contributed by atoms with Crippen LogP contribution in [-0.4, -0.2) is 38.6 Å². The highest BCUT2D eigenvalue weighted by molar-refractivity contribution is 7.20. The Hall–Kier alpha value is -1.67. The molecule has 1 fully saturated rings. The number of nitrogens with one attached hydrogen (secondary N) is 1. The molecule has 6 nitrogen and oxygen atoms in total. The van der Waals surface area contributed by atoms with Gasteiger partial charge in [0.25, 0.3) is 5.56 Å². The van der Waals surface area contributed by atoms with Crippen molar-refractivity contribution in [3.63, 3.8) is 0 Å². The molecular formula is C17H17Cl2N5OS. The van der Waals surface area contributed by atoms with Crippen molar-refractivity contribution in [3.8, 4) is 0 Å². The molecular weight excluding hydrogens is 393 g/mol. The highest BCUT2D eigenvalue weighted by atomic mass is 35.5. The summed E-state index contributed by atoms with van der Waals surface area (Å²) in [5.74, 6) is 0. The molecule has 4 rings (SSSR count). The van der Waals surface area contributed by atoms with E-state index in [0.717, 1.165) is 43.2 Å². The third-order valence-electron chi connectivity index (χ3n) is 4.41. The summed E-state index contributed by atoms with van der Waals surface area (Å²) in [5.41, 5.74) is 0.972. The average molecular weight is 410 g/mol. The molecule has 26 heavy (non-hydrogen) atoms. The molecule has 0 spiro atoms. The fraction of sp³-hybridized carbons (Fsp3) is 0.353. The number of halogens is 2. The fourth-order valence-electron chi connectivity index (χ4n) is 3.17. The van der Waals surface area contributed by atoms with Gasteiger partial charge in [-0.2, -0.15) is 4.52 Å². The van der Waals surface area contributed by atoms with Gasteiger partial charge in [-0.25, -0.2) is 4.98 Å². The van der Waals surface area contributed by atoms with Gasteiger partial charge in [0.2, 0.25) is 10.1 Å². The van der Waals surface area contributed by atoms with E-state index < -0.39 is 0 Å². The first-order valence-electron chi connectivity index (χ1n) is 8.35. The SMILES string of the molecule is O=c1ccnc2sc(NC3CCN(Cc4cc(Cl)cc(Cl)c4)CC3)nn12. The number of piperidine rings is 1. The number of aromatic nitrogens is 3. The largest absolute Gasteiger partial charge is 0.357 e. The van der Waals surface area contributed by atoms with Crippen LogP contribution in [0.4, 0.5) is 5.13 Å². The first kappa shape index (κ1) is 17.7.